The zero-order valence-electron chi connectivity index (χ0n) is 20.8. The van der Waals surface area contributed by atoms with Gasteiger partial charge in [-0.2, -0.15) is 0 Å². The quantitative estimate of drug-likeness (QED) is 0.302. The number of likely N-dealkylation sites (tertiary alicyclic amines) is 1. The highest BCUT2D eigenvalue weighted by Gasteiger charge is 2.33. The van der Waals surface area contributed by atoms with Crippen molar-refractivity contribution >= 4 is 10.9 Å². The number of rotatable bonds is 7. The maximum atomic E-state index is 14.1. The van der Waals surface area contributed by atoms with Crippen LogP contribution in [0.4, 0.5) is 13.2 Å². The number of alkyl halides is 3. The van der Waals surface area contributed by atoms with Gasteiger partial charge in [-0.1, -0.05) is 24.3 Å². The summed E-state index contributed by atoms with van der Waals surface area (Å²) in [4.78, 5) is 6.69. The van der Waals surface area contributed by atoms with E-state index in [0.29, 0.717) is 29.2 Å². The molecule has 0 radical (unpaired) electrons. The Morgan fingerprint density at radius 2 is 1.84 bits per heavy atom. The molecule has 8 heteroatoms. The van der Waals surface area contributed by atoms with E-state index in [-0.39, 0.29) is 23.9 Å². The summed E-state index contributed by atoms with van der Waals surface area (Å²) in [6.45, 7) is 3.37. The van der Waals surface area contributed by atoms with Gasteiger partial charge in [0, 0.05) is 72.4 Å². The minimum Gasteiger partial charge on any atom is -0.508 e. The van der Waals surface area contributed by atoms with E-state index in [9.17, 15) is 18.3 Å². The molecular formula is C30H27F3N2O3. The molecule has 0 spiro atoms. The molecule has 4 aromatic rings. The van der Waals surface area contributed by atoms with Crippen LogP contribution in [0, 0.1) is 5.92 Å². The lowest BCUT2D eigenvalue weighted by Crippen LogP contribution is -2.49. The van der Waals surface area contributed by atoms with Gasteiger partial charge in [-0.05, 0) is 35.9 Å². The van der Waals surface area contributed by atoms with Gasteiger partial charge in [0.15, 0.2) is 6.10 Å². The van der Waals surface area contributed by atoms with Crippen LogP contribution in [0.15, 0.2) is 66.9 Å². The molecule has 2 aliphatic rings. The average molecular weight is 521 g/mol. The maximum Gasteiger partial charge on any atom is 0.270 e. The molecule has 0 unspecified atom stereocenters. The topological polar surface area (TPSA) is 54.8 Å². The third-order valence-corrected chi connectivity index (χ3v) is 7.29. The Morgan fingerprint density at radius 3 is 2.58 bits per heavy atom. The molecule has 3 heterocycles. The van der Waals surface area contributed by atoms with Crippen molar-refractivity contribution in [2.75, 3.05) is 32.9 Å². The molecule has 0 bridgehead atoms. The number of benzene rings is 3. The predicted octanol–water partition coefficient (Wildman–Crippen LogP) is 6.48. The first-order valence-corrected chi connectivity index (χ1v) is 12.6. The normalized spacial score (nSPS) is 17.4. The van der Waals surface area contributed by atoms with Gasteiger partial charge in [-0.15, -0.1) is 0 Å². The molecule has 1 atom stereocenters. The fraction of sp³-hybridized carbons (Fsp3) is 0.300. The van der Waals surface area contributed by atoms with E-state index >= 15 is 0 Å². The van der Waals surface area contributed by atoms with Crippen LogP contribution in [-0.4, -0.2) is 47.9 Å². The number of hydrogen-bond acceptors (Lipinski definition) is 5. The second-order valence-corrected chi connectivity index (χ2v) is 10.1. The van der Waals surface area contributed by atoms with Crippen molar-refractivity contribution in [2.24, 2.45) is 5.92 Å². The predicted molar refractivity (Wildman–Crippen MR) is 139 cm³/mol. The number of fused-ring (bicyclic) bond motifs is 5. The largest absolute Gasteiger partial charge is 0.508 e. The number of phenols is 1. The molecule has 1 fully saturated rings. The molecule has 1 aromatic heterocycles. The van der Waals surface area contributed by atoms with Crippen molar-refractivity contribution in [3.8, 4) is 28.4 Å². The first-order chi connectivity index (χ1) is 18.3. The summed E-state index contributed by atoms with van der Waals surface area (Å²) in [7, 11) is 0. The number of phenolic OH excluding ortho intramolecular Hbond substituents is 1. The molecule has 0 aliphatic carbocycles. The third-order valence-electron chi connectivity index (χ3n) is 7.29. The Bertz CT molecular complexity index is 1480. The van der Waals surface area contributed by atoms with E-state index < -0.39 is 12.0 Å². The minimum absolute atomic E-state index is 0.105. The van der Waals surface area contributed by atoms with Gasteiger partial charge in [-0.3, -0.25) is 14.3 Å². The highest BCUT2D eigenvalue weighted by Crippen LogP contribution is 2.48. The molecule has 2 aliphatic heterocycles. The fourth-order valence-electron chi connectivity index (χ4n) is 5.22. The molecule has 1 N–H and O–H groups in total. The Balaban J connectivity index is 1.32. The number of aromatic hydroxyl groups is 1. The smallest absolute Gasteiger partial charge is 0.270 e. The van der Waals surface area contributed by atoms with Crippen molar-refractivity contribution in [1.29, 1.82) is 0 Å². The monoisotopic (exact) mass is 520 g/mol. The standard InChI is InChI=1S/C30H27F3N2O3/c1-30(32,33)20-4-8-23-25-15-34-26-13-21(36)5-9-24(26)28(25)29(38-27(23)12-20)19-2-6-22(7-3-19)37-11-10-35-16-18(14-31)17-35/h2-9,12-13,15,18,29,36H,10-11,14,16-17H2,1H3/t29-/m0/s1. The van der Waals surface area contributed by atoms with Gasteiger partial charge in [-0.25, -0.2) is 8.78 Å². The van der Waals surface area contributed by atoms with Crippen LogP contribution < -0.4 is 9.47 Å². The Hall–Kier alpha value is -3.78. The maximum absolute atomic E-state index is 14.1. The van der Waals surface area contributed by atoms with Crippen LogP contribution in [0.25, 0.3) is 22.0 Å². The van der Waals surface area contributed by atoms with Crippen molar-refractivity contribution in [3.63, 3.8) is 0 Å². The SMILES string of the molecule is CC(F)(F)c1ccc2c(c1)O[C@@H](c1ccc(OCCN3CC(CF)C3)cc1)c1c-2cnc2cc(O)ccc12. The van der Waals surface area contributed by atoms with E-state index in [4.69, 9.17) is 9.47 Å². The van der Waals surface area contributed by atoms with Crippen LogP contribution in [0.5, 0.6) is 17.2 Å². The van der Waals surface area contributed by atoms with Crippen molar-refractivity contribution in [3.05, 3.63) is 83.6 Å². The molecule has 0 saturated carbocycles. The van der Waals surface area contributed by atoms with Gasteiger partial charge >= 0.3 is 0 Å². The van der Waals surface area contributed by atoms with Crippen LogP contribution >= 0.6 is 0 Å². The number of nitrogens with zero attached hydrogens (tertiary/aromatic N) is 2. The average Bonchev–Trinajstić information content (AvgIpc) is 2.88. The molecule has 1 saturated heterocycles. The van der Waals surface area contributed by atoms with Crippen molar-refractivity contribution < 1.29 is 27.8 Å². The van der Waals surface area contributed by atoms with E-state index in [0.717, 1.165) is 48.6 Å². The van der Waals surface area contributed by atoms with Crippen LogP contribution in [0.1, 0.15) is 29.7 Å². The number of hydrogen-bond donors (Lipinski definition) is 1. The Labute approximate surface area is 218 Å². The molecule has 5 nitrogen and oxygen atoms in total. The highest BCUT2D eigenvalue weighted by atomic mass is 19.3. The molecule has 196 valence electrons. The second-order valence-electron chi connectivity index (χ2n) is 10.1. The van der Waals surface area contributed by atoms with Gasteiger partial charge in [0.05, 0.1) is 12.2 Å². The Morgan fingerprint density at radius 1 is 1.05 bits per heavy atom. The number of aromatic nitrogens is 1. The summed E-state index contributed by atoms with van der Waals surface area (Å²) in [5, 5.41) is 10.8. The lowest BCUT2D eigenvalue weighted by atomic mass is 9.87. The Kier molecular flexibility index (Phi) is 6.14. The lowest BCUT2D eigenvalue weighted by Gasteiger charge is -2.37. The minimum atomic E-state index is -3.00. The first-order valence-electron chi connectivity index (χ1n) is 12.6. The number of pyridine rings is 1. The summed E-state index contributed by atoms with van der Waals surface area (Å²) in [6.07, 6.45) is 1.12. The fourth-order valence-corrected chi connectivity index (χ4v) is 5.22. The molecular weight excluding hydrogens is 493 g/mol. The summed E-state index contributed by atoms with van der Waals surface area (Å²) < 4.78 is 53.2. The molecule has 0 amide bonds. The zero-order valence-corrected chi connectivity index (χ0v) is 20.8. The van der Waals surface area contributed by atoms with Crippen LogP contribution in [0.3, 0.4) is 0 Å². The molecule has 38 heavy (non-hydrogen) atoms. The summed E-state index contributed by atoms with van der Waals surface area (Å²) in [5.41, 5.74) is 3.65. The third kappa shape index (κ3) is 4.53. The first kappa shape index (κ1) is 24.6. The van der Waals surface area contributed by atoms with E-state index in [1.807, 2.05) is 24.3 Å². The van der Waals surface area contributed by atoms with E-state index in [1.54, 1.807) is 30.5 Å². The summed E-state index contributed by atoms with van der Waals surface area (Å²) in [5.74, 6) is -1.69. The highest BCUT2D eigenvalue weighted by molar-refractivity contribution is 5.92. The summed E-state index contributed by atoms with van der Waals surface area (Å²) in [6, 6.07) is 17.0. The van der Waals surface area contributed by atoms with Crippen LogP contribution in [0.2, 0.25) is 0 Å². The molecule has 6 rings (SSSR count). The van der Waals surface area contributed by atoms with Gasteiger partial charge in [0.1, 0.15) is 23.9 Å². The van der Waals surface area contributed by atoms with Gasteiger partial charge in [0.2, 0.25) is 0 Å². The number of ether oxygens (including phenoxy) is 2. The van der Waals surface area contributed by atoms with Gasteiger partial charge < -0.3 is 14.6 Å². The van der Waals surface area contributed by atoms with Crippen molar-refractivity contribution in [1.82, 2.24) is 9.88 Å². The lowest BCUT2D eigenvalue weighted by molar-refractivity contribution is 0.0171. The number of halogens is 3. The van der Waals surface area contributed by atoms with E-state index in [2.05, 4.69) is 9.88 Å². The van der Waals surface area contributed by atoms with Crippen LogP contribution in [-0.2, 0) is 5.92 Å². The van der Waals surface area contributed by atoms with E-state index in [1.165, 1.54) is 12.1 Å². The summed E-state index contributed by atoms with van der Waals surface area (Å²) >= 11 is 0. The van der Waals surface area contributed by atoms with Crippen molar-refractivity contribution in [2.45, 2.75) is 19.0 Å². The second kappa shape index (κ2) is 9.51. The molecule has 3 aromatic carbocycles. The van der Waals surface area contributed by atoms with Gasteiger partial charge in [0.25, 0.3) is 5.92 Å². The zero-order chi connectivity index (χ0) is 26.4.